The van der Waals surface area contributed by atoms with Crippen LogP contribution < -0.4 is 10.6 Å². The summed E-state index contributed by atoms with van der Waals surface area (Å²) < 4.78 is 5.09. The summed E-state index contributed by atoms with van der Waals surface area (Å²) in [6.07, 6.45) is 1.47. The number of amides is 1. The topological polar surface area (TPSA) is 54.3 Å². The van der Waals surface area contributed by atoms with Crippen molar-refractivity contribution in [2.24, 2.45) is 0 Å². The van der Waals surface area contributed by atoms with E-state index < -0.39 is 0 Å². The van der Waals surface area contributed by atoms with Gasteiger partial charge in [-0.15, -0.1) is 12.4 Å². The molecule has 0 bridgehead atoms. The Hall–Kier alpha value is -2.14. The van der Waals surface area contributed by atoms with Crippen molar-refractivity contribution in [2.45, 2.75) is 13.5 Å². The number of carbonyl (C=O) groups is 1. The quantitative estimate of drug-likeness (QED) is 0.527. The smallest absolute Gasteiger partial charge is 0.291 e. The molecule has 26 heavy (non-hydrogen) atoms. The monoisotopic (exact) mass is 410 g/mol. The maximum absolute atomic E-state index is 12.0. The van der Waals surface area contributed by atoms with E-state index in [0.717, 1.165) is 22.5 Å². The predicted octanol–water partition coefficient (Wildman–Crippen LogP) is 6.18. The molecule has 0 saturated carbocycles. The van der Waals surface area contributed by atoms with Crippen LogP contribution in [-0.4, -0.2) is 5.91 Å². The van der Waals surface area contributed by atoms with Crippen molar-refractivity contribution >= 4 is 52.9 Å². The summed E-state index contributed by atoms with van der Waals surface area (Å²) in [5.41, 5.74) is 3.65. The Morgan fingerprint density at radius 3 is 2.54 bits per heavy atom. The molecule has 0 aliphatic heterocycles. The van der Waals surface area contributed by atoms with Gasteiger partial charge in [0.25, 0.3) is 5.91 Å². The van der Waals surface area contributed by atoms with Gasteiger partial charge >= 0.3 is 0 Å². The van der Waals surface area contributed by atoms with Gasteiger partial charge in [-0.05, 0) is 60.5 Å². The van der Waals surface area contributed by atoms with Crippen LogP contribution in [-0.2, 0) is 6.54 Å². The number of aryl methyl sites for hydroxylation is 1. The minimum atomic E-state index is -0.274. The van der Waals surface area contributed by atoms with Gasteiger partial charge in [-0.25, -0.2) is 0 Å². The fourth-order valence-electron chi connectivity index (χ4n) is 2.36. The van der Waals surface area contributed by atoms with Gasteiger partial charge in [0.1, 0.15) is 0 Å². The van der Waals surface area contributed by atoms with Crippen molar-refractivity contribution < 1.29 is 9.21 Å². The van der Waals surface area contributed by atoms with E-state index >= 15 is 0 Å². The standard InChI is InChI=1S/C19H16Cl2N2O2.ClH/c1-12-9-14(22-11-13-4-6-15(20)16(21)10-13)5-7-17(12)23-19(24)18-3-2-8-25-18;/h2-10,22H,11H2,1H3,(H,23,24);1H. The molecule has 0 unspecified atom stereocenters. The van der Waals surface area contributed by atoms with E-state index in [-0.39, 0.29) is 24.1 Å². The first-order chi connectivity index (χ1) is 12.0. The number of nitrogens with one attached hydrogen (secondary N) is 2. The zero-order chi connectivity index (χ0) is 17.8. The van der Waals surface area contributed by atoms with Crippen molar-refractivity contribution in [1.82, 2.24) is 0 Å². The van der Waals surface area contributed by atoms with Crippen molar-refractivity contribution in [1.29, 1.82) is 0 Å². The van der Waals surface area contributed by atoms with E-state index in [4.69, 9.17) is 27.6 Å². The Bertz CT molecular complexity index is 896. The molecule has 0 saturated heterocycles. The van der Waals surface area contributed by atoms with E-state index in [0.29, 0.717) is 16.6 Å². The summed E-state index contributed by atoms with van der Waals surface area (Å²) >= 11 is 11.9. The molecule has 0 atom stereocenters. The normalized spacial score (nSPS) is 10.1. The molecule has 0 aliphatic rings. The Morgan fingerprint density at radius 2 is 1.88 bits per heavy atom. The Balaban J connectivity index is 0.00000243. The lowest BCUT2D eigenvalue weighted by atomic mass is 10.1. The largest absolute Gasteiger partial charge is 0.459 e. The lowest BCUT2D eigenvalue weighted by Gasteiger charge is -2.12. The predicted molar refractivity (Wildman–Crippen MR) is 109 cm³/mol. The number of furan rings is 1. The highest BCUT2D eigenvalue weighted by Crippen LogP contribution is 2.24. The van der Waals surface area contributed by atoms with Crippen LogP contribution in [0.25, 0.3) is 0 Å². The molecule has 0 aliphatic carbocycles. The van der Waals surface area contributed by atoms with Crippen LogP contribution in [0.15, 0.2) is 59.2 Å². The second-order valence-corrected chi connectivity index (χ2v) is 6.38. The summed E-state index contributed by atoms with van der Waals surface area (Å²) in [5, 5.41) is 7.23. The van der Waals surface area contributed by atoms with Crippen LogP contribution in [0.3, 0.4) is 0 Å². The molecule has 1 aromatic heterocycles. The molecular formula is C19H17Cl3N2O2. The maximum Gasteiger partial charge on any atom is 0.291 e. The molecule has 7 heteroatoms. The number of anilines is 2. The molecule has 2 N–H and O–H groups in total. The van der Waals surface area contributed by atoms with Crippen LogP contribution >= 0.6 is 35.6 Å². The molecule has 3 rings (SSSR count). The number of halogens is 3. The number of hydrogen-bond acceptors (Lipinski definition) is 3. The maximum atomic E-state index is 12.0. The van der Waals surface area contributed by atoms with E-state index in [2.05, 4.69) is 10.6 Å². The summed E-state index contributed by atoms with van der Waals surface area (Å²) in [4.78, 5) is 12.0. The van der Waals surface area contributed by atoms with Crippen LogP contribution in [0.1, 0.15) is 21.7 Å². The third kappa shape index (κ3) is 4.94. The highest BCUT2D eigenvalue weighted by molar-refractivity contribution is 6.42. The second-order valence-electron chi connectivity index (χ2n) is 5.56. The lowest BCUT2D eigenvalue weighted by molar-refractivity contribution is 0.0996. The molecule has 0 radical (unpaired) electrons. The van der Waals surface area contributed by atoms with Crippen molar-refractivity contribution in [3.05, 3.63) is 81.7 Å². The number of carbonyl (C=O) groups excluding carboxylic acids is 1. The van der Waals surface area contributed by atoms with Gasteiger partial charge in [-0.2, -0.15) is 0 Å². The molecular weight excluding hydrogens is 395 g/mol. The molecule has 1 heterocycles. The van der Waals surface area contributed by atoms with Gasteiger partial charge in [0, 0.05) is 17.9 Å². The average Bonchev–Trinajstić information content (AvgIpc) is 3.13. The fraction of sp³-hybridized carbons (Fsp3) is 0.105. The third-order valence-corrected chi connectivity index (χ3v) is 4.44. The Morgan fingerprint density at radius 1 is 1.08 bits per heavy atom. The van der Waals surface area contributed by atoms with E-state index in [1.807, 2.05) is 37.3 Å². The number of benzene rings is 2. The van der Waals surface area contributed by atoms with Gasteiger partial charge < -0.3 is 15.1 Å². The highest BCUT2D eigenvalue weighted by atomic mass is 35.5. The second kappa shape index (κ2) is 8.99. The number of hydrogen-bond donors (Lipinski definition) is 2. The van der Waals surface area contributed by atoms with Gasteiger partial charge in [-0.1, -0.05) is 29.3 Å². The van der Waals surface area contributed by atoms with Gasteiger partial charge in [-0.3, -0.25) is 4.79 Å². The molecule has 136 valence electrons. The molecule has 0 fully saturated rings. The van der Waals surface area contributed by atoms with Crippen LogP contribution in [0.5, 0.6) is 0 Å². The number of rotatable bonds is 5. The van der Waals surface area contributed by atoms with Gasteiger partial charge in [0.2, 0.25) is 0 Å². The summed E-state index contributed by atoms with van der Waals surface area (Å²) in [7, 11) is 0. The van der Waals surface area contributed by atoms with Gasteiger partial charge in [0.05, 0.1) is 16.3 Å². The lowest BCUT2D eigenvalue weighted by Crippen LogP contribution is -2.12. The van der Waals surface area contributed by atoms with Crippen LogP contribution in [0.4, 0.5) is 11.4 Å². The average molecular weight is 412 g/mol. The minimum absolute atomic E-state index is 0. The first-order valence-corrected chi connectivity index (χ1v) is 8.42. The molecule has 4 nitrogen and oxygen atoms in total. The van der Waals surface area contributed by atoms with Crippen LogP contribution in [0, 0.1) is 6.92 Å². The third-order valence-electron chi connectivity index (χ3n) is 3.70. The van der Waals surface area contributed by atoms with Crippen molar-refractivity contribution in [3.63, 3.8) is 0 Å². The van der Waals surface area contributed by atoms with E-state index in [9.17, 15) is 4.79 Å². The SMILES string of the molecule is Cc1cc(NCc2ccc(Cl)c(Cl)c2)ccc1NC(=O)c1ccco1.Cl. The van der Waals surface area contributed by atoms with Gasteiger partial charge in [0.15, 0.2) is 5.76 Å². The Kier molecular flexibility index (Phi) is 6.98. The molecule has 1 amide bonds. The zero-order valence-corrected chi connectivity index (χ0v) is 16.2. The van der Waals surface area contributed by atoms with E-state index in [1.165, 1.54) is 6.26 Å². The van der Waals surface area contributed by atoms with E-state index in [1.54, 1.807) is 18.2 Å². The first kappa shape index (κ1) is 20.2. The van der Waals surface area contributed by atoms with Crippen LogP contribution in [0.2, 0.25) is 10.0 Å². The first-order valence-electron chi connectivity index (χ1n) is 7.66. The summed E-state index contributed by atoms with van der Waals surface area (Å²) in [5.74, 6) is 0.00540. The summed E-state index contributed by atoms with van der Waals surface area (Å²) in [6, 6.07) is 14.6. The highest BCUT2D eigenvalue weighted by Gasteiger charge is 2.10. The molecule has 0 spiro atoms. The summed E-state index contributed by atoms with van der Waals surface area (Å²) in [6.45, 7) is 2.55. The van der Waals surface area contributed by atoms with Crippen molar-refractivity contribution in [3.8, 4) is 0 Å². The fourth-order valence-corrected chi connectivity index (χ4v) is 2.68. The zero-order valence-electron chi connectivity index (χ0n) is 13.9. The Labute approximate surface area is 167 Å². The molecule has 3 aromatic rings. The minimum Gasteiger partial charge on any atom is -0.459 e. The molecule has 2 aromatic carbocycles. The van der Waals surface area contributed by atoms with Crippen molar-refractivity contribution in [2.75, 3.05) is 10.6 Å².